The van der Waals surface area contributed by atoms with Gasteiger partial charge in [-0.2, -0.15) is 0 Å². The fourth-order valence-electron chi connectivity index (χ4n) is 12.6. The fraction of sp³-hybridized carbons (Fsp3) is 0.951. The molecule has 0 saturated carbocycles. The molecule has 3 N–H and O–H groups in total. The Morgan fingerprint density at radius 1 is 0.248 bits per heavy atom. The molecule has 0 heterocycles. The van der Waals surface area contributed by atoms with Crippen LogP contribution in [0.15, 0.2) is 0 Å². The van der Waals surface area contributed by atoms with Gasteiger partial charge < -0.3 is 33.8 Å². The Hall–Kier alpha value is -1.94. The maximum absolute atomic E-state index is 13.1. The second-order valence-electron chi connectivity index (χ2n) is 31.4. The van der Waals surface area contributed by atoms with E-state index in [1.54, 1.807) is 0 Å². The Morgan fingerprint density at radius 2 is 0.416 bits per heavy atom. The molecule has 0 amide bonds. The zero-order valence-electron chi connectivity index (χ0n) is 66.5. The van der Waals surface area contributed by atoms with E-state index in [2.05, 4.69) is 55.4 Å². The first-order chi connectivity index (χ1) is 48.6. The van der Waals surface area contributed by atoms with Gasteiger partial charge in [-0.3, -0.25) is 37.3 Å². The van der Waals surface area contributed by atoms with E-state index in [9.17, 15) is 43.2 Å². The summed E-state index contributed by atoms with van der Waals surface area (Å²) in [5.41, 5.74) is 0. The van der Waals surface area contributed by atoms with Crippen LogP contribution in [-0.2, 0) is 65.4 Å². The molecule has 600 valence electrons. The van der Waals surface area contributed by atoms with Gasteiger partial charge in [0.1, 0.15) is 19.3 Å². The summed E-state index contributed by atoms with van der Waals surface area (Å²) < 4.78 is 68.8. The Bertz CT molecular complexity index is 1970. The van der Waals surface area contributed by atoms with Crippen LogP contribution >= 0.6 is 15.6 Å². The average molecular weight is 1480 g/mol. The second-order valence-corrected chi connectivity index (χ2v) is 34.3. The molecule has 0 radical (unpaired) electrons. The molecule has 2 unspecified atom stereocenters. The van der Waals surface area contributed by atoms with E-state index in [-0.39, 0.29) is 25.7 Å². The van der Waals surface area contributed by atoms with E-state index in [0.717, 1.165) is 114 Å². The molecule has 0 spiro atoms. The lowest BCUT2D eigenvalue weighted by Crippen LogP contribution is -2.30. The number of aliphatic hydroxyl groups excluding tert-OH is 1. The van der Waals surface area contributed by atoms with Gasteiger partial charge in [-0.15, -0.1) is 0 Å². The van der Waals surface area contributed by atoms with Crippen LogP contribution in [0, 0.1) is 23.7 Å². The Morgan fingerprint density at radius 3 is 0.614 bits per heavy atom. The Kier molecular flexibility index (Phi) is 69.6. The predicted octanol–water partition coefficient (Wildman–Crippen LogP) is 24.4. The molecular weight excluding hydrogens is 1320 g/mol. The highest BCUT2D eigenvalue weighted by Gasteiger charge is 2.30. The number of phosphoric ester groups is 2. The molecule has 0 aromatic rings. The number of unbranched alkanes of at least 4 members (excludes halogenated alkanes) is 45. The van der Waals surface area contributed by atoms with Crippen LogP contribution in [0.5, 0.6) is 0 Å². The molecule has 0 aromatic heterocycles. The molecule has 0 bridgehead atoms. The third kappa shape index (κ3) is 76.1. The van der Waals surface area contributed by atoms with Crippen LogP contribution in [0.2, 0.25) is 0 Å². The monoisotopic (exact) mass is 1480 g/mol. The number of rotatable bonds is 79. The van der Waals surface area contributed by atoms with Crippen molar-refractivity contribution < 1.29 is 80.2 Å². The number of aliphatic hydroxyl groups is 1. The molecular formula is C82H160O17P2. The van der Waals surface area contributed by atoms with Crippen LogP contribution in [0.25, 0.3) is 0 Å². The molecule has 0 aliphatic carbocycles. The number of phosphoric acid groups is 2. The number of hydrogen-bond donors (Lipinski definition) is 3. The summed E-state index contributed by atoms with van der Waals surface area (Å²) in [5.74, 6) is 0.988. The van der Waals surface area contributed by atoms with Crippen LogP contribution < -0.4 is 0 Å². The number of hydrogen-bond acceptors (Lipinski definition) is 15. The van der Waals surface area contributed by atoms with Crippen molar-refractivity contribution in [2.45, 2.75) is 440 Å². The largest absolute Gasteiger partial charge is 0.472 e. The van der Waals surface area contributed by atoms with Gasteiger partial charge in [0.15, 0.2) is 12.2 Å². The predicted molar refractivity (Wildman–Crippen MR) is 414 cm³/mol. The zero-order valence-corrected chi connectivity index (χ0v) is 68.3. The minimum atomic E-state index is -4.96. The van der Waals surface area contributed by atoms with Crippen molar-refractivity contribution >= 4 is 39.5 Å². The second kappa shape index (κ2) is 71.0. The molecule has 19 heteroatoms. The molecule has 0 aromatic carbocycles. The van der Waals surface area contributed by atoms with Gasteiger partial charge in [-0.05, 0) is 49.4 Å². The summed E-state index contributed by atoms with van der Waals surface area (Å²) in [7, 11) is -9.92. The van der Waals surface area contributed by atoms with E-state index in [4.69, 9.17) is 37.0 Å². The number of carbonyl (C=O) groups excluding carboxylic acids is 4. The van der Waals surface area contributed by atoms with Crippen molar-refractivity contribution in [1.29, 1.82) is 0 Å². The van der Waals surface area contributed by atoms with Gasteiger partial charge in [0.05, 0.1) is 26.4 Å². The van der Waals surface area contributed by atoms with Crippen molar-refractivity contribution in [2.75, 3.05) is 39.6 Å². The maximum atomic E-state index is 13.1. The molecule has 0 fully saturated rings. The topological polar surface area (TPSA) is 237 Å². The molecule has 0 aliphatic rings. The summed E-state index contributed by atoms with van der Waals surface area (Å²) in [6.07, 6.45) is 58.3. The summed E-state index contributed by atoms with van der Waals surface area (Å²) in [6.45, 7) is 14.3. The highest BCUT2D eigenvalue weighted by molar-refractivity contribution is 7.47. The molecule has 0 saturated heterocycles. The van der Waals surface area contributed by atoms with Crippen LogP contribution in [-0.4, -0.2) is 96.7 Å². The van der Waals surface area contributed by atoms with E-state index < -0.39 is 97.5 Å². The quantitative estimate of drug-likeness (QED) is 0.0222. The van der Waals surface area contributed by atoms with Crippen molar-refractivity contribution in [3.05, 3.63) is 0 Å². The standard InChI is InChI=1S/C82H160O17P2/c1-72(2)58-50-42-34-26-20-15-11-9-13-17-23-29-38-46-54-62-79(84)92-68-77(98-81(86)64-56-48-40-30-24-18-14-10-12-16-21-27-35-43-51-59-73(3)4)70-96-100(88,89)94-66-76(83)67-95-101(90,91)97-71-78(69-93-80(85)63-55-47-39-33-32-37-45-53-61-75(7)8)99-82(87)65-57-49-41-31-25-19-22-28-36-44-52-60-74(5)6/h72-78,83H,9-71H2,1-8H3,(H,88,89)(H,90,91)/t76-,77-,78-/m1/s1. The van der Waals surface area contributed by atoms with E-state index in [1.807, 2.05) is 0 Å². The highest BCUT2D eigenvalue weighted by atomic mass is 31.2. The summed E-state index contributed by atoms with van der Waals surface area (Å²) in [4.78, 5) is 73.1. The molecule has 17 nitrogen and oxygen atoms in total. The maximum Gasteiger partial charge on any atom is 0.472 e. The molecule has 5 atom stereocenters. The van der Waals surface area contributed by atoms with Gasteiger partial charge in [-0.1, -0.05) is 370 Å². The Balaban J connectivity index is 5.25. The smallest absolute Gasteiger partial charge is 0.462 e. The highest BCUT2D eigenvalue weighted by Crippen LogP contribution is 2.45. The molecule has 101 heavy (non-hydrogen) atoms. The van der Waals surface area contributed by atoms with Gasteiger partial charge >= 0.3 is 39.5 Å². The van der Waals surface area contributed by atoms with Crippen LogP contribution in [0.1, 0.15) is 421 Å². The SMILES string of the molecule is CC(C)CCCCCCCCCCCCCCCCCC(=O)OC[C@H](COP(=O)(O)OC[C@@H](O)COP(=O)(O)OC[C@@H](COC(=O)CCCCCCCCCCC(C)C)OC(=O)CCCCCCCCCCCCCC(C)C)OC(=O)CCCCCCCCCCCCCCCCCC(C)C. The summed E-state index contributed by atoms with van der Waals surface area (Å²) in [6, 6.07) is 0. The lowest BCUT2D eigenvalue weighted by molar-refractivity contribution is -0.161. The molecule has 0 rings (SSSR count). The fourth-order valence-corrected chi connectivity index (χ4v) is 14.2. The Labute approximate surface area is 619 Å². The van der Waals surface area contributed by atoms with E-state index >= 15 is 0 Å². The van der Waals surface area contributed by atoms with Gasteiger partial charge in [0.2, 0.25) is 0 Å². The summed E-state index contributed by atoms with van der Waals surface area (Å²) in [5, 5.41) is 10.7. The number of carbonyl (C=O) groups is 4. The van der Waals surface area contributed by atoms with Crippen LogP contribution in [0.3, 0.4) is 0 Å². The van der Waals surface area contributed by atoms with E-state index in [1.165, 1.54) is 225 Å². The molecule has 0 aliphatic heterocycles. The average Bonchev–Trinajstić information content (AvgIpc) is 0.918. The van der Waals surface area contributed by atoms with Crippen molar-refractivity contribution in [1.82, 2.24) is 0 Å². The van der Waals surface area contributed by atoms with Gasteiger partial charge in [0, 0.05) is 25.7 Å². The third-order valence-electron chi connectivity index (χ3n) is 19.1. The first-order valence-corrected chi connectivity index (χ1v) is 45.2. The van der Waals surface area contributed by atoms with E-state index in [0.29, 0.717) is 25.7 Å². The first kappa shape index (κ1) is 99.1. The lowest BCUT2D eigenvalue weighted by atomic mass is 10.0. The lowest BCUT2D eigenvalue weighted by Gasteiger charge is -2.21. The number of ether oxygens (including phenoxy) is 4. The normalized spacial score (nSPS) is 14.0. The van der Waals surface area contributed by atoms with Crippen molar-refractivity contribution in [3.8, 4) is 0 Å². The summed E-state index contributed by atoms with van der Waals surface area (Å²) >= 11 is 0. The third-order valence-corrected chi connectivity index (χ3v) is 21.0. The van der Waals surface area contributed by atoms with Gasteiger partial charge in [0.25, 0.3) is 0 Å². The van der Waals surface area contributed by atoms with Crippen molar-refractivity contribution in [2.24, 2.45) is 23.7 Å². The zero-order chi connectivity index (χ0) is 74.6. The minimum absolute atomic E-state index is 0.106. The minimum Gasteiger partial charge on any atom is -0.462 e. The van der Waals surface area contributed by atoms with Crippen LogP contribution in [0.4, 0.5) is 0 Å². The van der Waals surface area contributed by atoms with Gasteiger partial charge in [-0.25, -0.2) is 9.13 Å². The first-order valence-electron chi connectivity index (χ1n) is 42.2. The number of esters is 4. The van der Waals surface area contributed by atoms with Crippen molar-refractivity contribution in [3.63, 3.8) is 0 Å².